The van der Waals surface area contributed by atoms with Crippen LogP contribution in [-0.2, 0) is 14.1 Å². The van der Waals surface area contributed by atoms with Crippen molar-refractivity contribution in [1.82, 2.24) is 9.13 Å². The second kappa shape index (κ2) is 6.03. The van der Waals surface area contributed by atoms with Crippen molar-refractivity contribution >= 4 is 5.57 Å². The fourth-order valence-electron chi connectivity index (χ4n) is 2.93. The molecule has 2 aromatic rings. The molecule has 0 saturated heterocycles. The predicted molar refractivity (Wildman–Crippen MR) is 91.8 cm³/mol. The van der Waals surface area contributed by atoms with Crippen molar-refractivity contribution < 1.29 is 9.47 Å². The minimum absolute atomic E-state index is 0.195. The first-order chi connectivity index (χ1) is 11.4. The molecule has 0 amide bonds. The summed E-state index contributed by atoms with van der Waals surface area (Å²) in [5.74, 6) is 0.955. The zero-order valence-electron chi connectivity index (χ0n) is 14.3. The van der Waals surface area contributed by atoms with Crippen molar-refractivity contribution in [1.29, 1.82) is 0 Å². The smallest absolute Gasteiger partial charge is 0.331 e. The van der Waals surface area contributed by atoms with Crippen LogP contribution in [0.5, 0.6) is 11.5 Å². The second-order valence-electron chi connectivity index (χ2n) is 6.04. The molecule has 24 heavy (non-hydrogen) atoms. The van der Waals surface area contributed by atoms with E-state index in [2.05, 4.69) is 6.07 Å². The second-order valence-corrected chi connectivity index (χ2v) is 6.04. The van der Waals surface area contributed by atoms with Gasteiger partial charge in [-0.05, 0) is 43.2 Å². The number of hydrogen-bond acceptors (Lipinski definition) is 4. The van der Waals surface area contributed by atoms with Crippen LogP contribution in [0, 0.1) is 13.8 Å². The topological polar surface area (TPSA) is 62.5 Å². The first-order valence-corrected chi connectivity index (χ1v) is 7.72. The molecule has 0 radical (unpaired) electrons. The Hall–Kier alpha value is -2.76. The molecule has 0 unspecified atom stereocenters. The summed E-state index contributed by atoms with van der Waals surface area (Å²) in [4.78, 5) is 24.4. The summed E-state index contributed by atoms with van der Waals surface area (Å²) in [5.41, 5.74) is 2.68. The van der Waals surface area contributed by atoms with Crippen LogP contribution in [0.1, 0.15) is 16.8 Å². The van der Waals surface area contributed by atoms with Gasteiger partial charge >= 0.3 is 5.69 Å². The average Bonchev–Trinajstić information content (AvgIpc) is 2.55. The first-order valence-electron chi connectivity index (χ1n) is 7.72. The monoisotopic (exact) mass is 328 g/mol. The fourth-order valence-corrected chi connectivity index (χ4v) is 2.93. The summed E-state index contributed by atoms with van der Waals surface area (Å²) in [6.45, 7) is 4.57. The molecule has 0 N–H and O–H groups in total. The van der Waals surface area contributed by atoms with Gasteiger partial charge in [0.05, 0.1) is 5.69 Å². The Morgan fingerprint density at radius 3 is 2.42 bits per heavy atom. The van der Waals surface area contributed by atoms with E-state index in [-0.39, 0.29) is 24.7 Å². The van der Waals surface area contributed by atoms with E-state index in [0.717, 1.165) is 27.0 Å². The third-order valence-electron chi connectivity index (χ3n) is 4.07. The van der Waals surface area contributed by atoms with Gasteiger partial charge in [0.2, 0.25) is 5.75 Å². The van der Waals surface area contributed by atoms with Crippen LogP contribution in [0.3, 0.4) is 0 Å². The molecule has 1 aliphatic rings. The van der Waals surface area contributed by atoms with Gasteiger partial charge < -0.3 is 9.47 Å². The zero-order chi connectivity index (χ0) is 17.4. The lowest BCUT2D eigenvalue weighted by Gasteiger charge is -2.21. The van der Waals surface area contributed by atoms with E-state index in [0.29, 0.717) is 5.69 Å². The molecule has 126 valence electrons. The molecule has 3 rings (SSSR count). The van der Waals surface area contributed by atoms with E-state index in [1.807, 2.05) is 32.1 Å². The number of hydrogen-bond donors (Lipinski definition) is 0. The average molecular weight is 328 g/mol. The summed E-state index contributed by atoms with van der Waals surface area (Å²) in [5, 5.41) is 0. The van der Waals surface area contributed by atoms with E-state index >= 15 is 0 Å². The van der Waals surface area contributed by atoms with Crippen LogP contribution in [0.2, 0.25) is 0 Å². The SMILES string of the molecule is Cc1cc(C)cc(OCC2=CCOc3c2n(C)c(=O)n(C)c3=O)c1. The Morgan fingerprint density at radius 2 is 1.75 bits per heavy atom. The molecule has 0 atom stereocenters. The number of aromatic nitrogens is 2. The van der Waals surface area contributed by atoms with E-state index in [1.54, 1.807) is 7.05 Å². The van der Waals surface area contributed by atoms with Gasteiger partial charge in [0.25, 0.3) is 5.56 Å². The maximum absolute atomic E-state index is 12.3. The Balaban J connectivity index is 1.96. The van der Waals surface area contributed by atoms with E-state index < -0.39 is 5.56 Å². The molecule has 1 aliphatic heterocycles. The molecule has 6 heteroatoms. The lowest BCUT2D eigenvalue weighted by atomic mass is 10.1. The highest BCUT2D eigenvalue weighted by Crippen LogP contribution is 2.26. The summed E-state index contributed by atoms with van der Waals surface area (Å²) in [6.07, 6.45) is 1.84. The molecule has 1 aromatic carbocycles. The van der Waals surface area contributed by atoms with Gasteiger partial charge in [-0.15, -0.1) is 0 Å². The lowest BCUT2D eigenvalue weighted by molar-refractivity contribution is 0.329. The molecule has 2 heterocycles. The quantitative estimate of drug-likeness (QED) is 0.858. The summed E-state index contributed by atoms with van der Waals surface area (Å²) >= 11 is 0. The molecule has 6 nitrogen and oxygen atoms in total. The van der Waals surface area contributed by atoms with E-state index in [1.165, 1.54) is 11.6 Å². The maximum Gasteiger partial charge on any atom is 0.331 e. The summed E-state index contributed by atoms with van der Waals surface area (Å²) in [7, 11) is 3.07. The Bertz CT molecular complexity index is 930. The van der Waals surface area contributed by atoms with E-state index in [4.69, 9.17) is 9.47 Å². The van der Waals surface area contributed by atoms with Gasteiger partial charge in [0.1, 0.15) is 19.0 Å². The van der Waals surface area contributed by atoms with Crippen LogP contribution < -0.4 is 20.7 Å². The molecule has 1 aromatic heterocycles. The highest BCUT2D eigenvalue weighted by atomic mass is 16.5. The molecule has 0 spiro atoms. The van der Waals surface area contributed by atoms with Crippen molar-refractivity contribution in [3.05, 3.63) is 61.9 Å². The van der Waals surface area contributed by atoms with Gasteiger partial charge in [-0.1, -0.05) is 6.07 Å². The highest BCUT2D eigenvalue weighted by molar-refractivity contribution is 5.70. The Kier molecular flexibility index (Phi) is 4.05. The van der Waals surface area contributed by atoms with Crippen molar-refractivity contribution in [2.75, 3.05) is 13.2 Å². The predicted octanol–water partition coefficient (Wildman–Crippen LogP) is 1.56. The van der Waals surface area contributed by atoms with Gasteiger partial charge in [0, 0.05) is 19.7 Å². The van der Waals surface area contributed by atoms with Crippen LogP contribution >= 0.6 is 0 Å². The third kappa shape index (κ3) is 2.75. The summed E-state index contributed by atoms with van der Waals surface area (Å²) < 4.78 is 13.8. The Morgan fingerprint density at radius 1 is 1.08 bits per heavy atom. The van der Waals surface area contributed by atoms with Gasteiger partial charge in [-0.2, -0.15) is 0 Å². The van der Waals surface area contributed by atoms with Crippen molar-refractivity contribution in [3.8, 4) is 11.5 Å². The molecule has 0 saturated carbocycles. The molecule has 0 bridgehead atoms. The van der Waals surface area contributed by atoms with Gasteiger partial charge in [0.15, 0.2) is 0 Å². The van der Waals surface area contributed by atoms with Crippen molar-refractivity contribution in [2.45, 2.75) is 13.8 Å². The molecule has 0 aliphatic carbocycles. The minimum atomic E-state index is -0.426. The fraction of sp³-hybridized carbons (Fsp3) is 0.333. The molecular formula is C18H20N2O4. The summed E-state index contributed by atoms with van der Waals surface area (Å²) in [6, 6.07) is 5.98. The largest absolute Gasteiger partial charge is 0.489 e. The Labute approximate surface area is 139 Å². The van der Waals surface area contributed by atoms with E-state index in [9.17, 15) is 9.59 Å². The van der Waals surface area contributed by atoms with Crippen LogP contribution in [0.25, 0.3) is 5.57 Å². The molecular weight excluding hydrogens is 308 g/mol. The molecule has 0 fully saturated rings. The first kappa shape index (κ1) is 16.1. The number of fused-ring (bicyclic) bond motifs is 1. The maximum atomic E-state index is 12.3. The number of ether oxygens (including phenoxy) is 2. The van der Waals surface area contributed by atoms with Crippen LogP contribution in [0.4, 0.5) is 0 Å². The number of nitrogens with zero attached hydrogens (tertiary/aromatic N) is 2. The normalized spacial score (nSPS) is 13.1. The highest BCUT2D eigenvalue weighted by Gasteiger charge is 2.23. The van der Waals surface area contributed by atoms with Crippen LogP contribution in [-0.4, -0.2) is 22.3 Å². The lowest BCUT2D eigenvalue weighted by Crippen LogP contribution is -2.40. The number of benzene rings is 1. The van der Waals surface area contributed by atoms with Gasteiger partial charge in [-0.3, -0.25) is 13.9 Å². The standard InChI is InChI=1S/C18H20N2O4/c1-11-7-12(2)9-14(8-11)24-10-13-5-6-23-16-15(13)19(3)18(22)20(4)17(16)21/h5,7-9H,6,10H2,1-4H3. The zero-order valence-corrected chi connectivity index (χ0v) is 14.3. The van der Waals surface area contributed by atoms with Crippen LogP contribution in [0.15, 0.2) is 33.9 Å². The van der Waals surface area contributed by atoms with Crippen molar-refractivity contribution in [2.24, 2.45) is 14.1 Å². The third-order valence-corrected chi connectivity index (χ3v) is 4.07. The number of aryl methyl sites for hydroxylation is 2. The van der Waals surface area contributed by atoms with Crippen molar-refractivity contribution in [3.63, 3.8) is 0 Å². The van der Waals surface area contributed by atoms with Gasteiger partial charge in [-0.25, -0.2) is 4.79 Å². The minimum Gasteiger partial charge on any atom is -0.489 e. The number of rotatable bonds is 3.